The maximum absolute atomic E-state index is 13.5. The number of hydrogen-bond donors (Lipinski definition) is 1. The number of nitrogens with one attached hydrogen (secondary N) is 1. The number of carbonyl (C=O) groups is 1. The average Bonchev–Trinajstić information content (AvgIpc) is 2.65. The zero-order valence-corrected chi connectivity index (χ0v) is 15.7. The molecule has 1 aliphatic rings. The van der Waals surface area contributed by atoms with E-state index in [9.17, 15) is 22.0 Å². The van der Waals surface area contributed by atoms with Gasteiger partial charge in [0.1, 0.15) is 11.6 Å². The normalized spacial score (nSPS) is 16.3. The van der Waals surface area contributed by atoms with Crippen molar-refractivity contribution in [2.24, 2.45) is 5.92 Å². The zero-order chi connectivity index (χ0) is 19.6. The summed E-state index contributed by atoms with van der Waals surface area (Å²) >= 11 is 5.61. The van der Waals surface area contributed by atoms with Crippen molar-refractivity contribution in [3.8, 4) is 0 Å². The second-order valence-electron chi connectivity index (χ2n) is 6.25. The Balaban J connectivity index is 1.61. The van der Waals surface area contributed by atoms with Crippen molar-refractivity contribution in [2.75, 3.05) is 18.4 Å². The van der Waals surface area contributed by atoms with Gasteiger partial charge in [-0.25, -0.2) is 17.2 Å². The van der Waals surface area contributed by atoms with E-state index in [1.807, 2.05) is 0 Å². The first-order valence-corrected chi connectivity index (χ1v) is 10.1. The van der Waals surface area contributed by atoms with Crippen LogP contribution in [0.2, 0.25) is 5.02 Å². The number of amides is 1. The van der Waals surface area contributed by atoms with Gasteiger partial charge < -0.3 is 5.32 Å². The Labute approximate surface area is 161 Å². The summed E-state index contributed by atoms with van der Waals surface area (Å²) in [6, 6.07) is 8.61. The summed E-state index contributed by atoms with van der Waals surface area (Å²) in [7, 11) is -3.73. The Bertz CT molecular complexity index is 944. The van der Waals surface area contributed by atoms with Crippen molar-refractivity contribution in [2.45, 2.75) is 17.7 Å². The van der Waals surface area contributed by atoms with E-state index in [0.29, 0.717) is 18.5 Å². The number of nitrogens with zero attached hydrogens (tertiary/aromatic N) is 1. The van der Waals surface area contributed by atoms with E-state index in [4.69, 9.17) is 11.6 Å². The predicted octanol–water partition coefficient (Wildman–Crippen LogP) is 3.66. The summed E-state index contributed by atoms with van der Waals surface area (Å²) in [5.74, 6) is -1.82. The molecule has 1 N–H and O–H groups in total. The van der Waals surface area contributed by atoms with Gasteiger partial charge in [0.05, 0.1) is 9.92 Å². The Morgan fingerprint density at radius 1 is 1.07 bits per heavy atom. The molecular weight excluding hydrogens is 398 g/mol. The Hall–Kier alpha value is -2.03. The summed E-state index contributed by atoms with van der Waals surface area (Å²) in [5, 5.41) is 2.59. The van der Waals surface area contributed by atoms with Crippen LogP contribution >= 0.6 is 11.6 Å². The van der Waals surface area contributed by atoms with Crippen LogP contribution in [0.15, 0.2) is 47.4 Å². The molecule has 0 atom stereocenters. The molecule has 0 bridgehead atoms. The van der Waals surface area contributed by atoms with E-state index in [0.717, 1.165) is 18.2 Å². The number of carbonyl (C=O) groups excluding carboxylic acids is 1. The Kier molecular flexibility index (Phi) is 5.78. The van der Waals surface area contributed by atoms with Crippen LogP contribution in [0.5, 0.6) is 0 Å². The molecule has 1 fully saturated rings. The molecule has 0 unspecified atom stereocenters. The number of rotatable bonds is 4. The third kappa shape index (κ3) is 4.45. The minimum absolute atomic E-state index is 0.0171. The van der Waals surface area contributed by atoms with E-state index in [2.05, 4.69) is 5.32 Å². The molecule has 2 aromatic carbocycles. The maximum atomic E-state index is 13.5. The molecule has 27 heavy (non-hydrogen) atoms. The largest absolute Gasteiger partial charge is 0.326 e. The fraction of sp³-hybridized carbons (Fsp3) is 0.278. The molecule has 0 spiro atoms. The molecule has 0 aromatic heterocycles. The molecule has 1 heterocycles. The van der Waals surface area contributed by atoms with E-state index < -0.39 is 21.7 Å². The summed E-state index contributed by atoms with van der Waals surface area (Å²) in [6.07, 6.45) is 0.671. The van der Waals surface area contributed by atoms with Crippen LogP contribution in [0, 0.1) is 17.6 Å². The van der Waals surface area contributed by atoms with Crippen LogP contribution in [0.4, 0.5) is 14.5 Å². The second-order valence-corrected chi connectivity index (χ2v) is 8.60. The molecule has 1 amide bonds. The lowest BCUT2D eigenvalue weighted by Crippen LogP contribution is -2.41. The minimum Gasteiger partial charge on any atom is -0.326 e. The lowest BCUT2D eigenvalue weighted by molar-refractivity contribution is -0.120. The van der Waals surface area contributed by atoms with Gasteiger partial charge >= 0.3 is 0 Å². The molecule has 0 saturated carbocycles. The molecule has 3 rings (SSSR count). The summed E-state index contributed by atoms with van der Waals surface area (Å²) in [4.78, 5) is 12.4. The summed E-state index contributed by atoms with van der Waals surface area (Å²) in [5.41, 5.74) is 0.295. The van der Waals surface area contributed by atoms with Gasteiger partial charge in [0.25, 0.3) is 0 Å². The van der Waals surface area contributed by atoms with E-state index in [1.54, 1.807) is 0 Å². The Morgan fingerprint density at radius 2 is 1.70 bits per heavy atom. The van der Waals surface area contributed by atoms with Crippen molar-refractivity contribution in [1.29, 1.82) is 0 Å². The first-order chi connectivity index (χ1) is 12.8. The van der Waals surface area contributed by atoms with Gasteiger partial charge in [-0.15, -0.1) is 0 Å². The van der Waals surface area contributed by atoms with Crippen molar-refractivity contribution in [1.82, 2.24) is 4.31 Å². The highest BCUT2D eigenvalue weighted by Crippen LogP contribution is 2.26. The van der Waals surface area contributed by atoms with E-state index in [1.165, 1.54) is 28.6 Å². The monoisotopic (exact) mass is 414 g/mol. The molecule has 0 radical (unpaired) electrons. The maximum Gasteiger partial charge on any atom is 0.243 e. The first-order valence-electron chi connectivity index (χ1n) is 8.29. The lowest BCUT2D eigenvalue weighted by Gasteiger charge is -2.30. The highest BCUT2D eigenvalue weighted by Gasteiger charge is 2.32. The number of benzene rings is 2. The molecule has 0 aliphatic carbocycles. The zero-order valence-electron chi connectivity index (χ0n) is 14.2. The highest BCUT2D eigenvalue weighted by atomic mass is 35.5. The van der Waals surface area contributed by atoms with Gasteiger partial charge in [-0.1, -0.05) is 11.6 Å². The summed E-state index contributed by atoms with van der Waals surface area (Å²) in [6.45, 7) is 0.347. The number of hydrogen-bond acceptors (Lipinski definition) is 3. The quantitative estimate of drug-likeness (QED) is 0.830. The molecule has 1 aliphatic heterocycles. The van der Waals surface area contributed by atoms with Crippen LogP contribution in [-0.2, 0) is 14.8 Å². The third-order valence-electron chi connectivity index (χ3n) is 4.46. The lowest BCUT2D eigenvalue weighted by atomic mass is 9.97. The molecular formula is C18H17ClF2N2O3S. The molecule has 2 aromatic rings. The van der Waals surface area contributed by atoms with Crippen molar-refractivity contribution in [3.63, 3.8) is 0 Å². The van der Waals surface area contributed by atoms with Crippen molar-refractivity contribution in [3.05, 3.63) is 59.1 Å². The van der Waals surface area contributed by atoms with Gasteiger partial charge in [0.15, 0.2) is 0 Å². The first kappa shape index (κ1) is 19.7. The van der Waals surface area contributed by atoms with Crippen LogP contribution in [0.25, 0.3) is 0 Å². The van der Waals surface area contributed by atoms with Crippen molar-refractivity contribution < 1.29 is 22.0 Å². The SMILES string of the molecule is O=C(Nc1ccc(Cl)c(F)c1)C1CCN(S(=O)(=O)c2ccc(F)cc2)CC1. The second kappa shape index (κ2) is 7.92. The van der Waals surface area contributed by atoms with Gasteiger partial charge in [0.2, 0.25) is 15.9 Å². The standard InChI is InChI=1S/C18H17ClF2N2O3S/c19-16-6-3-14(11-17(16)21)22-18(24)12-7-9-23(10-8-12)27(25,26)15-4-1-13(20)2-5-15/h1-6,11-12H,7-10H2,(H,22,24). The fourth-order valence-electron chi connectivity index (χ4n) is 2.93. The van der Waals surface area contributed by atoms with Gasteiger partial charge in [-0.05, 0) is 55.3 Å². The average molecular weight is 415 g/mol. The molecule has 1 saturated heterocycles. The van der Waals surface area contributed by atoms with E-state index >= 15 is 0 Å². The summed E-state index contributed by atoms with van der Waals surface area (Å²) < 4.78 is 52.9. The van der Waals surface area contributed by atoms with Crippen LogP contribution < -0.4 is 5.32 Å². The van der Waals surface area contributed by atoms with Gasteiger partial charge in [0, 0.05) is 24.7 Å². The van der Waals surface area contributed by atoms with E-state index in [-0.39, 0.29) is 34.8 Å². The van der Waals surface area contributed by atoms with Crippen molar-refractivity contribution >= 4 is 33.2 Å². The number of sulfonamides is 1. The smallest absolute Gasteiger partial charge is 0.243 e. The van der Waals surface area contributed by atoms with Gasteiger partial charge in [-0.3, -0.25) is 4.79 Å². The molecule has 9 heteroatoms. The predicted molar refractivity (Wildman–Crippen MR) is 97.9 cm³/mol. The highest BCUT2D eigenvalue weighted by molar-refractivity contribution is 7.89. The number of halogens is 3. The number of piperidine rings is 1. The minimum atomic E-state index is -3.73. The number of anilines is 1. The topological polar surface area (TPSA) is 66.5 Å². The van der Waals surface area contributed by atoms with Crippen LogP contribution in [-0.4, -0.2) is 31.7 Å². The fourth-order valence-corrected chi connectivity index (χ4v) is 4.52. The van der Waals surface area contributed by atoms with Crippen LogP contribution in [0.3, 0.4) is 0 Å². The molecule has 5 nitrogen and oxygen atoms in total. The molecule has 144 valence electrons. The third-order valence-corrected chi connectivity index (χ3v) is 6.68. The Morgan fingerprint density at radius 3 is 2.30 bits per heavy atom. The van der Waals surface area contributed by atoms with Crippen LogP contribution in [0.1, 0.15) is 12.8 Å². The van der Waals surface area contributed by atoms with Gasteiger partial charge in [-0.2, -0.15) is 4.31 Å².